The third kappa shape index (κ3) is 4.38. The van der Waals surface area contributed by atoms with Crippen LogP contribution in [-0.2, 0) is 6.54 Å². The van der Waals surface area contributed by atoms with E-state index in [-0.39, 0.29) is 12.5 Å². The summed E-state index contributed by atoms with van der Waals surface area (Å²) in [6.45, 7) is 0.228. The molecule has 0 fully saturated rings. The lowest BCUT2D eigenvalue weighted by Crippen LogP contribution is -2.23. The Morgan fingerprint density at radius 1 is 0.963 bits per heavy atom. The Bertz CT molecular complexity index is 913. The van der Waals surface area contributed by atoms with Gasteiger partial charge in [-0.2, -0.15) is 0 Å². The second-order valence-electron chi connectivity index (χ2n) is 5.70. The second kappa shape index (κ2) is 8.27. The van der Waals surface area contributed by atoms with E-state index < -0.39 is 0 Å². The van der Waals surface area contributed by atoms with E-state index in [2.05, 4.69) is 10.5 Å². The Kier molecular flexibility index (Phi) is 5.61. The van der Waals surface area contributed by atoms with Gasteiger partial charge in [0, 0.05) is 23.3 Å². The topological polar surface area (TPSA) is 82.8 Å². The van der Waals surface area contributed by atoms with Gasteiger partial charge in [0.2, 0.25) is 0 Å². The van der Waals surface area contributed by atoms with Gasteiger partial charge in [0.1, 0.15) is 22.9 Å². The zero-order valence-electron chi connectivity index (χ0n) is 15.3. The molecule has 1 heterocycles. The summed E-state index contributed by atoms with van der Waals surface area (Å²) in [6.07, 6.45) is 0. The minimum Gasteiger partial charge on any atom is -0.497 e. The lowest BCUT2D eigenvalue weighted by Gasteiger charge is -2.08. The number of methoxy groups -OCH3 is 3. The van der Waals surface area contributed by atoms with Crippen molar-refractivity contribution in [1.29, 1.82) is 0 Å². The highest BCUT2D eigenvalue weighted by atomic mass is 16.5. The third-order valence-electron chi connectivity index (χ3n) is 3.96. The Morgan fingerprint density at radius 3 is 2.33 bits per heavy atom. The van der Waals surface area contributed by atoms with Crippen LogP contribution in [0.15, 0.2) is 53.1 Å². The first kappa shape index (κ1) is 18.3. The molecule has 0 saturated carbocycles. The van der Waals surface area contributed by atoms with Crippen LogP contribution in [0.2, 0.25) is 0 Å². The molecule has 2 aromatic carbocycles. The second-order valence-corrected chi connectivity index (χ2v) is 5.70. The Morgan fingerprint density at radius 2 is 1.67 bits per heavy atom. The minimum atomic E-state index is -0.266. The average Bonchev–Trinajstić information content (AvgIpc) is 3.20. The fourth-order valence-corrected chi connectivity index (χ4v) is 2.52. The predicted molar refractivity (Wildman–Crippen MR) is 99.2 cm³/mol. The highest BCUT2D eigenvalue weighted by Crippen LogP contribution is 2.25. The molecule has 7 heteroatoms. The normalized spacial score (nSPS) is 10.3. The lowest BCUT2D eigenvalue weighted by atomic mass is 10.1. The first-order chi connectivity index (χ1) is 13.1. The molecular formula is C20H20N2O5. The summed E-state index contributed by atoms with van der Waals surface area (Å²) < 4.78 is 20.9. The first-order valence-corrected chi connectivity index (χ1v) is 8.24. The quantitative estimate of drug-likeness (QED) is 0.689. The van der Waals surface area contributed by atoms with E-state index in [9.17, 15) is 4.79 Å². The number of amides is 1. The van der Waals surface area contributed by atoms with Gasteiger partial charge >= 0.3 is 0 Å². The van der Waals surface area contributed by atoms with Crippen LogP contribution in [0.3, 0.4) is 0 Å². The number of benzene rings is 2. The molecular weight excluding hydrogens is 348 g/mol. The molecule has 7 nitrogen and oxygen atoms in total. The SMILES string of the molecule is COc1cc(OC)cc(C(=O)NCc2cc(-c3cccc(OC)c3)on2)c1. The summed E-state index contributed by atoms with van der Waals surface area (Å²) in [7, 11) is 4.67. The number of aromatic nitrogens is 1. The van der Waals surface area contributed by atoms with Crippen LogP contribution in [0, 0.1) is 0 Å². The van der Waals surface area contributed by atoms with Crippen molar-refractivity contribution >= 4 is 5.91 Å². The standard InChI is InChI=1S/C20H20N2O5/c1-24-16-6-4-5-13(7-16)19-10-15(22-27-19)12-21-20(23)14-8-17(25-2)11-18(9-14)26-3/h4-11H,12H2,1-3H3,(H,21,23). The van der Waals surface area contributed by atoms with Crippen molar-refractivity contribution < 1.29 is 23.5 Å². The van der Waals surface area contributed by atoms with Crippen LogP contribution < -0.4 is 19.5 Å². The zero-order chi connectivity index (χ0) is 19.2. The van der Waals surface area contributed by atoms with Gasteiger partial charge in [-0.25, -0.2) is 0 Å². The van der Waals surface area contributed by atoms with E-state index in [1.165, 1.54) is 14.2 Å². The first-order valence-electron chi connectivity index (χ1n) is 8.24. The molecule has 1 N–H and O–H groups in total. The lowest BCUT2D eigenvalue weighted by molar-refractivity contribution is 0.0949. The van der Waals surface area contributed by atoms with Gasteiger partial charge in [-0.15, -0.1) is 0 Å². The zero-order valence-corrected chi connectivity index (χ0v) is 15.3. The molecule has 0 unspecified atom stereocenters. The molecule has 1 amide bonds. The molecule has 0 aliphatic rings. The molecule has 27 heavy (non-hydrogen) atoms. The van der Waals surface area contributed by atoms with Crippen LogP contribution in [0.5, 0.6) is 17.2 Å². The van der Waals surface area contributed by atoms with Crippen LogP contribution in [0.25, 0.3) is 11.3 Å². The molecule has 0 saturated heterocycles. The van der Waals surface area contributed by atoms with E-state index in [1.54, 1.807) is 31.4 Å². The summed E-state index contributed by atoms with van der Waals surface area (Å²) in [5, 5.41) is 6.81. The minimum absolute atomic E-state index is 0.228. The molecule has 0 spiro atoms. The van der Waals surface area contributed by atoms with Gasteiger partial charge in [-0.05, 0) is 24.3 Å². The van der Waals surface area contributed by atoms with E-state index >= 15 is 0 Å². The van der Waals surface area contributed by atoms with Crippen molar-refractivity contribution in [2.24, 2.45) is 0 Å². The summed E-state index contributed by atoms with van der Waals surface area (Å²) >= 11 is 0. The van der Waals surface area contributed by atoms with Gasteiger partial charge in [0.05, 0.1) is 27.9 Å². The molecule has 3 rings (SSSR count). The van der Waals surface area contributed by atoms with Gasteiger partial charge in [-0.3, -0.25) is 4.79 Å². The molecule has 0 bridgehead atoms. The summed E-state index contributed by atoms with van der Waals surface area (Å²) in [6, 6.07) is 14.2. The largest absolute Gasteiger partial charge is 0.497 e. The Labute approximate surface area is 156 Å². The molecule has 0 aliphatic carbocycles. The van der Waals surface area contributed by atoms with Crippen molar-refractivity contribution in [2.75, 3.05) is 21.3 Å². The summed E-state index contributed by atoms with van der Waals surface area (Å²) in [4.78, 5) is 12.4. The molecule has 1 aromatic heterocycles. The summed E-state index contributed by atoms with van der Waals surface area (Å²) in [5.74, 6) is 2.15. The van der Waals surface area contributed by atoms with E-state index in [4.69, 9.17) is 18.7 Å². The van der Waals surface area contributed by atoms with Crippen LogP contribution in [-0.4, -0.2) is 32.4 Å². The monoisotopic (exact) mass is 368 g/mol. The van der Waals surface area contributed by atoms with Gasteiger partial charge in [-0.1, -0.05) is 17.3 Å². The van der Waals surface area contributed by atoms with E-state index in [0.29, 0.717) is 28.5 Å². The van der Waals surface area contributed by atoms with E-state index in [1.807, 2.05) is 24.3 Å². The van der Waals surface area contributed by atoms with Crippen molar-refractivity contribution in [3.05, 3.63) is 59.8 Å². The smallest absolute Gasteiger partial charge is 0.251 e. The van der Waals surface area contributed by atoms with Crippen LogP contribution >= 0.6 is 0 Å². The maximum atomic E-state index is 12.4. The molecule has 0 aliphatic heterocycles. The van der Waals surface area contributed by atoms with Crippen LogP contribution in [0.4, 0.5) is 0 Å². The number of hydrogen-bond donors (Lipinski definition) is 1. The average molecular weight is 368 g/mol. The highest BCUT2D eigenvalue weighted by molar-refractivity contribution is 5.95. The molecule has 0 atom stereocenters. The van der Waals surface area contributed by atoms with Gasteiger partial charge in [0.25, 0.3) is 5.91 Å². The number of rotatable bonds is 7. The van der Waals surface area contributed by atoms with Crippen molar-refractivity contribution in [1.82, 2.24) is 10.5 Å². The molecule has 0 radical (unpaired) electrons. The maximum absolute atomic E-state index is 12.4. The maximum Gasteiger partial charge on any atom is 0.251 e. The third-order valence-corrected chi connectivity index (χ3v) is 3.96. The van der Waals surface area contributed by atoms with Crippen molar-refractivity contribution in [2.45, 2.75) is 6.54 Å². The predicted octanol–water partition coefficient (Wildman–Crippen LogP) is 3.30. The van der Waals surface area contributed by atoms with Crippen molar-refractivity contribution in [3.63, 3.8) is 0 Å². The highest BCUT2D eigenvalue weighted by Gasteiger charge is 2.12. The molecule has 140 valence electrons. The fraction of sp³-hybridized carbons (Fsp3) is 0.200. The number of ether oxygens (including phenoxy) is 3. The number of carbonyl (C=O) groups excluding carboxylic acids is 1. The number of nitrogens with zero attached hydrogens (tertiary/aromatic N) is 1. The van der Waals surface area contributed by atoms with E-state index in [0.717, 1.165) is 11.3 Å². The van der Waals surface area contributed by atoms with Crippen LogP contribution in [0.1, 0.15) is 16.1 Å². The fourth-order valence-electron chi connectivity index (χ4n) is 2.52. The Hall–Kier alpha value is -3.48. The molecule has 3 aromatic rings. The van der Waals surface area contributed by atoms with Crippen molar-refractivity contribution in [3.8, 4) is 28.6 Å². The van der Waals surface area contributed by atoms with Gasteiger partial charge in [0.15, 0.2) is 5.76 Å². The number of carbonyl (C=O) groups is 1. The summed E-state index contributed by atoms with van der Waals surface area (Å²) in [5.41, 5.74) is 1.88. The Balaban J connectivity index is 1.68. The number of nitrogens with one attached hydrogen (secondary N) is 1. The number of hydrogen-bond acceptors (Lipinski definition) is 6. The van der Waals surface area contributed by atoms with Gasteiger partial charge < -0.3 is 24.1 Å².